The number of carbonyl (C=O) groups is 1. The average molecular weight is 448 g/mol. The maximum Gasteiger partial charge on any atom is 0.240 e. The molecule has 0 atom stereocenters. The number of fused-ring (bicyclic) bond motifs is 1. The Hall–Kier alpha value is -1.80. The van der Waals surface area contributed by atoms with Gasteiger partial charge in [0.2, 0.25) is 10.0 Å². The van der Waals surface area contributed by atoms with Gasteiger partial charge in [-0.25, -0.2) is 13.1 Å². The number of aliphatic hydroxyl groups is 1. The van der Waals surface area contributed by atoms with Gasteiger partial charge in [-0.2, -0.15) is 0 Å². The molecule has 0 fully saturated rings. The second-order valence-corrected chi connectivity index (χ2v) is 11.3. The summed E-state index contributed by atoms with van der Waals surface area (Å²) in [7, 11) is -3.63. The van der Waals surface area contributed by atoms with E-state index in [0.717, 1.165) is 36.1 Å². The molecule has 0 unspecified atom stereocenters. The molecule has 2 N–H and O–H groups in total. The number of hydrogen-bond donors (Lipinski definition) is 2. The molecular formula is C23H29NO4S2. The molecule has 0 spiro atoms. The minimum Gasteiger partial charge on any atom is -0.395 e. The number of sulfonamides is 1. The normalized spacial score (nSPS) is 16.0. The van der Waals surface area contributed by atoms with Gasteiger partial charge in [0.15, 0.2) is 5.78 Å². The Labute approximate surface area is 182 Å². The molecule has 0 saturated carbocycles. The number of allylic oxidation sites excluding steroid dienone is 1. The van der Waals surface area contributed by atoms with Crippen molar-refractivity contribution in [2.24, 2.45) is 5.41 Å². The van der Waals surface area contributed by atoms with Crippen LogP contribution in [0, 0.1) is 5.41 Å². The van der Waals surface area contributed by atoms with E-state index in [0.29, 0.717) is 0 Å². The van der Waals surface area contributed by atoms with Crippen LogP contribution in [0.2, 0.25) is 0 Å². The van der Waals surface area contributed by atoms with Crippen molar-refractivity contribution >= 4 is 33.2 Å². The highest BCUT2D eigenvalue weighted by Gasteiger charge is 2.31. The van der Waals surface area contributed by atoms with Crippen LogP contribution in [0.25, 0.3) is 6.08 Å². The standard InChI is InChI=1S/C23H29NO4S2/c1-4-21-19-15-23(2,3)12-11-18(19)22(29-21)20(26)10-7-16-5-8-17(9-6-16)30(27,28)24-13-14-25/h5-10,24-25H,4,11-15H2,1-3H3. The van der Waals surface area contributed by atoms with Crippen LogP contribution < -0.4 is 4.72 Å². The molecule has 1 aromatic carbocycles. The first-order chi connectivity index (χ1) is 14.2. The Bertz CT molecular complexity index is 1050. The van der Waals surface area contributed by atoms with Crippen LogP contribution in [-0.4, -0.2) is 32.5 Å². The van der Waals surface area contributed by atoms with E-state index in [4.69, 9.17) is 5.11 Å². The summed E-state index contributed by atoms with van der Waals surface area (Å²) >= 11 is 1.62. The van der Waals surface area contributed by atoms with E-state index in [-0.39, 0.29) is 29.2 Å². The van der Waals surface area contributed by atoms with Crippen LogP contribution in [0.1, 0.15) is 58.4 Å². The Morgan fingerprint density at radius 2 is 1.93 bits per heavy atom. The number of thiophene rings is 1. The summed E-state index contributed by atoms with van der Waals surface area (Å²) in [4.78, 5) is 15.2. The summed E-state index contributed by atoms with van der Waals surface area (Å²) in [5.74, 6) is 0.0111. The topological polar surface area (TPSA) is 83.5 Å². The Balaban J connectivity index is 1.78. The molecule has 1 aromatic heterocycles. The van der Waals surface area contributed by atoms with Gasteiger partial charge in [-0.1, -0.05) is 39.0 Å². The van der Waals surface area contributed by atoms with Gasteiger partial charge in [0.1, 0.15) is 0 Å². The molecule has 2 aromatic rings. The van der Waals surface area contributed by atoms with Crippen LogP contribution in [0.3, 0.4) is 0 Å². The van der Waals surface area contributed by atoms with Gasteiger partial charge in [-0.3, -0.25) is 4.79 Å². The number of nitrogens with one attached hydrogen (secondary N) is 1. The second kappa shape index (κ2) is 9.14. The van der Waals surface area contributed by atoms with Crippen molar-refractivity contribution in [3.8, 4) is 0 Å². The second-order valence-electron chi connectivity index (χ2n) is 8.39. The van der Waals surface area contributed by atoms with Gasteiger partial charge in [-0.05, 0) is 66.0 Å². The largest absolute Gasteiger partial charge is 0.395 e. The fourth-order valence-corrected chi connectivity index (χ4v) is 6.05. The molecule has 3 rings (SSSR count). The van der Waals surface area contributed by atoms with E-state index >= 15 is 0 Å². The summed E-state index contributed by atoms with van der Waals surface area (Å²) in [5, 5.41) is 8.79. The van der Waals surface area contributed by atoms with Crippen molar-refractivity contribution in [3.05, 3.63) is 56.8 Å². The van der Waals surface area contributed by atoms with E-state index in [1.54, 1.807) is 35.6 Å². The molecule has 0 aliphatic heterocycles. The predicted octanol–water partition coefficient (Wildman–Crippen LogP) is 3.99. The van der Waals surface area contributed by atoms with Gasteiger partial charge in [0, 0.05) is 11.4 Å². The number of carbonyl (C=O) groups excluding carboxylic acids is 1. The number of ketones is 1. The third-order valence-electron chi connectivity index (χ3n) is 5.47. The Morgan fingerprint density at radius 1 is 1.23 bits per heavy atom. The quantitative estimate of drug-likeness (QED) is 0.473. The molecule has 1 heterocycles. The van der Waals surface area contributed by atoms with Crippen molar-refractivity contribution in [3.63, 3.8) is 0 Å². The van der Waals surface area contributed by atoms with E-state index in [1.165, 1.54) is 28.1 Å². The smallest absolute Gasteiger partial charge is 0.240 e. The van der Waals surface area contributed by atoms with Crippen molar-refractivity contribution in [2.75, 3.05) is 13.2 Å². The van der Waals surface area contributed by atoms with E-state index in [2.05, 4.69) is 25.5 Å². The molecule has 0 bridgehead atoms. The maximum absolute atomic E-state index is 12.9. The van der Waals surface area contributed by atoms with Crippen LogP contribution in [0.15, 0.2) is 35.2 Å². The minimum atomic E-state index is -3.63. The van der Waals surface area contributed by atoms with Gasteiger partial charge >= 0.3 is 0 Å². The van der Waals surface area contributed by atoms with Crippen LogP contribution in [-0.2, 0) is 29.3 Å². The van der Waals surface area contributed by atoms with Crippen LogP contribution in [0.5, 0.6) is 0 Å². The zero-order valence-electron chi connectivity index (χ0n) is 17.7. The highest BCUT2D eigenvalue weighted by molar-refractivity contribution is 7.89. The van der Waals surface area contributed by atoms with Crippen molar-refractivity contribution < 1.29 is 18.3 Å². The molecule has 1 aliphatic rings. The minimum absolute atomic E-state index is 0.0111. The van der Waals surface area contributed by atoms with Crippen molar-refractivity contribution in [2.45, 2.75) is 51.3 Å². The van der Waals surface area contributed by atoms with Crippen molar-refractivity contribution in [1.29, 1.82) is 0 Å². The zero-order chi connectivity index (χ0) is 21.9. The summed E-state index contributed by atoms with van der Waals surface area (Å²) in [6.07, 6.45) is 7.31. The molecular weight excluding hydrogens is 418 g/mol. The monoisotopic (exact) mass is 447 g/mol. The Morgan fingerprint density at radius 3 is 2.57 bits per heavy atom. The number of aryl methyl sites for hydroxylation is 1. The SMILES string of the molecule is CCc1sc(C(=O)C=Cc2ccc(S(=O)(=O)NCCO)cc2)c2c1CC(C)(C)CC2. The predicted molar refractivity (Wildman–Crippen MR) is 122 cm³/mol. The third kappa shape index (κ3) is 5.09. The molecule has 5 nitrogen and oxygen atoms in total. The first-order valence-electron chi connectivity index (χ1n) is 10.2. The Kier molecular flexibility index (Phi) is 6.97. The fourth-order valence-electron chi connectivity index (χ4n) is 3.81. The van der Waals surface area contributed by atoms with Crippen molar-refractivity contribution in [1.82, 2.24) is 4.72 Å². The van der Waals surface area contributed by atoms with Crippen LogP contribution >= 0.6 is 11.3 Å². The van der Waals surface area contributed by atoms with E-state index < -0.39 is 10.0 Å². The van der Waals surface area contributed by atoms with Crippen LogP contribution in [0.4, 0.5) is 0 Å². The molecule has 0 saturated heterocycles. The number of aliphatic hydroxyl groups excluding tert-OH is 1. The zero-order valence-corrected chi connectivity index (χ0v) is 19.3. The molecule has 0 amide bonds. The lowest BCUT2D eigenvalue weighted by atomic mass is 9.74. The maximum atomic E-state index is 12.9. The average Bonchev–Trinajstić information content (AvgIpc) is 3.07. The fraction of sp³-hybridized carbons (Fsp3) is 0.435. The summed E-state index contributed by atoms with van der Waals surface area (Å²) < 4.78 is 26.5. The number of benzene rings is 1. The lowest BCUT2D eigenvalue weighted by molar-refractivity contribution is 0.104. The lowest BCUT2D eigenvalue weighted by Gasteiger charge is -2.30. The molecule has 1 aliphatic carbocycles. The van der Waals surface area contributed by atoms with E-state index in [1.807, 2.05) is 0 Å². The molecule has 30 heavy (non-hydrogen) atoms. The third-order valence-corrected chi connectivity index (χ3v) is 8.38. The lowest BCUT2D eigenvalue weighted by Crippen LogP contribution is -2.26. The number of rotatable bonds is 8. The first-order valence-corrected chi connectivity index (χ1v) is 12.5. The number of hydrogen-bond acceptors (Lipinski definition) is 5. The molecule has 7 heteroatoms. The van der Waals surface area contributed by atoms with Gasteiger partial charge in [-0.15, -0.1) is 11.3 Å². The summed E-state index contributed by atoms with van der Waals surface area (Å²) in [6, 6.07) is 6.32. The van der Waals surface area contributed by atoms with Gasteiger partial charge < -0.3 is 5.11 Å². The summed E-state index contributed by atoms with van der Waals surface area (Å²) in [5.41, 5.74) is 3.64. The van der Waals surface area contributed by atoms with Gasteiger partial charge in [0.05, 0.1) is 16.4 Å². The first kappa shape index (κ1) is 22.9. The summed E-state index contributed by atoms with van der Waals surface area (Å²) in [6.45, 7) is 6.44. The van der Waals surface area contributed by atoms with E-state index in [9.17, 15) is 13.2 Å². The highest BCUT2D eigenvalue weighted by atomic mass is 32.2. The van der Waals surface area contributed by atoms with Gasteiger partial charge in [0.25, 0.3) is 0 Å². The molecule has 162 valence electrons. The highest BCUT2D eigenvalue weighted by Crippen LogP contribution is 2.42. The molecule has 0 radical (unpaired) electrons.